The van der Waals surface area contributed by atoms with Crippen molar-refractivity contribution in [3.63, 3.8) is 0 Å². The summed E-state index contributed by atoms with van der Waals surface area (Å²) in [4.78, 5) is 6.30. The third-order valence-electron chi connectivity index (χ3n) is 6.04. The Bertz CT molecular complexity index is 968. The Morgan fingerprint density at radius 2 is 1.63 bits per heavy atom. The lowest BCUT2D eigenvalue weighted by molar-refractivity contribution is 0.329. The van der Waals surface area contributed by atoms with Gasteiger partial charge in [-0.15, -0.1) is 11.8 Å². The molecule has 0 bridgehead atoms. The SMILES string of the molecule is CSc1ccc(C2=C(c3ccc(S(C)(=O)=O)cc3)CC3(CCCC3)C2)nc1. The van der Waals surface area contributed by atoms with E-state index in [2.05, 4.69) is 18.4 Å². The molecule has 5 heteroatoms. The van der Waals surface area contributed by atoms with E-state index in [0.717, 1.165) is 24.1 Å². The van der Waals surface area contributed by atoms with E-state index in [1.807, 2.05) is 18.3 Å². The van der Waals surface area contributed by atoms with E-state index in [4.69, 9.17) is 4.98 Å². The number of thioether (sulfide) groups is 1. The van der Waals surface area contributed by atoms with E-state index in [1.54, 1.807) is 23.9 Å². The summed E-state index contributed by atoms with van der Waals surface area (Å²) in [5, 5.41) is 0. The fourth-order valence-electron chi connectivity index (χ4n) is 4.61. The minimum atomic E-state index is -3.17. The normalized spacial score (nSPS) is 19.2. The van der Waals surface area contributed by atoms with Gasteiger partial charge in [0.2, 0.25) is 0 Å². The summed E-state index contributed by atoms with van der Waals surface area (Å²) in [5.74, 6) is 0. The molecule has 0 radical (unpaired) electrons. The largest absolute Gasteiger partial charge is 0.255 e. The highest BCUT2D eigenvalue weighted by Gasteiger charge is 2.41. The number of pyridine rings is 1. The van der Waals surface area contributed by atoms with Gasteiger partial charge in [0.25, 0.3) is 0 Å². The molecule has 0 atom stereocenters. The fourth-order valence-corrected chi connectivity index (χ4v) is 5.60. The van der Waals surface area contributed by atoms with Gasteiger partial charge < -0.3 is 0 Å². The first-order chi connectivity index (χ1) is 12.9. The van der Waals surface area contributed by atoms with Crippen LogP contribution in [-0.4, -0.2) is 25.9 Å². The summed E-state index contributed by atoms with van der Waals surface area (Å²) in [5.41, 5.74) is 5.27. The Balaban J connectivity index is 1.76. The zero-order valence-electron chi connectivity index (χ0n) is 15.9. The Labute approximate surface area is 166 Å². The van der Waals surface area contributed by atoms with Gasteiger partial charge in [0, 0.05) is 17.3 Å². The summed E-state index contributed by atoms with van der Waals surface area (Å²) in [6.45, 7) is 0. The maximum Gasteiger partial charge on any atom is 0.175 e. The highest BCUT2D eigenvalue weighted by Crippen LogP contribution is 2.57. The van der Waals surface area contributed by atoms with Crippen LogP contribution in [-0.2, 0) is 9.84 Å². The summed E-state index contributed by atoms with van der Waals surface area (Å²) in [6, 6.07) is 11.7. The van der Waals surface area contributed by atoms with Crippen molar-refractivity contribution in [1.82, 2.24) is 4.98 Å². The van der Waals surface area contributed by atoms with Crippen LogP contribution in [0.2, 0.25) is 0 Å². The molecular weight excluding hydrogens is 374 g/mol. The van der Waals surface area contributed by atoms with Gasteiger partial charge in [-0.05, 0) is 78.3 Å². The summed E-state index contributed by atoms with van der Waals surface area (Å²) in [7, 11) is -3.17. The molecule has 142 valence electrons. The molecule has 0 aliphatic heterocycles. The van der Waals surface area contributed by atoms with Crippen molar-refractivity contribution in [3.05, 3.63) is 53.9 Å². The molecule has 2 aliphatic carbocycles. The smallest absolute Gasteiger partial charge is 0.175 e. The average molecular weight is 400 g/mol. The third kappa shape index (κ3) is 3.72. The molecule has 4 rings (SSSR count). The molecule has 1 fully saturated rings. The minimum absolute atomic E-state index is 0.375. The molecule has 1 heterocycles. The van der Waals surface area contributed by atoms with E-state index in [9.17, 15) is 8.42 Å². The molecule has 0 N–H and O–H groups in total. The van der Waals surface area contributed by atoms with Crippen LogP contribution in [0.3, 0.4) is 0 Å². The Kier molecular flexibility index (Phi) is 4.93. The van der Waals surface area contributed by atoms with Crippen LogP contribution >= 0.6 is 11.8 Å². The number of hydrogen-bond donors (Lipinski definition) is 0. The van der Waals surface area contributed by atoms with E-state index in [0.29, 0.717) is 10.3 Å². The molecule has 1 saturated carbocycles. The lowest BCUT2D eigenvalue weighted by Crippen LogP contribution is -2.11. The number of rotatable bonds is 4. The van der Waals surface area contributed by atoms with E-state index in [-0.39, 0.29) is 0 Å². The van der Waals surface area contributed by atoms with Crippen molar-refractivity contribution in [1.29, 1.82) is 0 Å². The molecule has 1 spiro atoms. The van der Waals surface area contributed by atoms with Crippen LogP contribution in [0.4, 0.5) is 0 Å². The minimum Gasteiger partial charge on any atom is -0.255 e. The first-order valence-corrected chi connectivity index (χ1v) is 12.5. The predicted molar refractivity (Wildman–Crippen MR) is 113 cm³/mol. The maximum atomic E-state index is 11.8. The number of hydrogen-bond acceptors (Lipinski definition) is 4. The van der Waals surface area contributed by atoms with Crippen molar-refractivity contribution >= 4 is 32.7 Å². The van der Waals surface area contributed by atoms with Gasteiger partial charge in [-0.3, -0.25) is 4.98 Å². The molecule has 2 aliphatic rings. The molecular formula is C22H25NO2S2. The lowest BCUT2D eigenvalue weighted by Gasteiger charge is -2.23. The average Bonchev–Trinajstić information content (AvgIpc) is 3.28. The molecule has 27 heavy (non-hydrogen) atoms. The number of nitrogens with zero attached hydrogens (tertiary/aromatic N) is 1. The molecule has 2 aromatic rings. The topological polar surface area (TPSA) is 47.0 Å². The second kappa shape index (κ2) is 7.10. The zero-order chi connectivity index (χ0) is 19.1. The fraction of sp³-hybridized carbons (Fsp3) is 0.409. The van der Waals surface area contributed by atoms with Gasteiger partial charge in [-0.2, -0.15) is 0 Å². The van der Waals surface area contributed by atoms with Gasteiger partial charge in [-0.1, -0.05) is 25.0 Å². The van der Waals surface area contributed by atoms with Gasteiger partial charge in [0.15, 0.2) is 9.84 Å². The van der Waals surface area contributed by atoms with E-state index < -0.39 is 9.84 Å². The number of aromatic nitrogens is 1. The second-order valence-electron chi connectivity index (χ2n) is 7.90. The highest BCUT2D eigenvalue weighted by atomic mass is 32.2. The first-order valence-electron chi connectivity index (χ1n) is 9.43. The van der Waals surface area contributed by atoms with Crippen LogP contribution < -0.4 is 0 Å². The molecule has 1 aromatic heterocycles. The third-order valence-corrected chi connectivity index (χ3v) is 7.89. The van der Waals surface area contributed by atoms with Crippen LogP contribution in [0.25, 0.3) is 11.1 Å². The standard InChI is InChI=1S/C22H25NO2S2/c1-26-17-7-10-21(23-15-17)20-14-22(11-3-4-12-22)13-19(20)16-5-8-18(9-6-16)27(2,24)25/h5-10,15H,3-4,11-14H2,1-2H3. The predicted octanol–water partition coefficient (Wildman–Crippen LogP) is 5.47. The molecule has 3 nitrogen and oxygen atoms in total. The van der Waals surface area contributed by atoms with Crippen molar-refractivity contribution in [2.24, 2.45) is 5.41 Å². The molecule has 0 saturated heterocycles. The van der Waals surface area contributed by atoms with Crippen molar-refractivity contribution < 1.29 is 8.42 Å². The molecule has 0 amide bonds. The van der Waals surface area contributed by atoms with Crippen molar-refractivity contribution in [3.8, 4) is 0 Å². The zero-order valence-corrected chi connectivity index (χ0v) is 17.5. The Morgan fingerprint density at radius 1 is 0.963 bits per heavy atom. The Morgan fingerprint density at radius 3 is 2.19 bits per heavy atom. The first kappa shape index (κ1) is 18.8. The van der Waals surface area contributed by atoms with Crippen LogP contribution in [0.15, 0.2) is 52.4 Å². The van der Waals surface area contributed by atoms with Crippen molar-refractivity contribution in [2.45, 2.75) is 48.3 Å². The number of allylic oxidation sites excluding steroid dienone is 2. The second-order valence-corrected chi connectivity index (χ2v) is 10.8. The van der Waals surface area contributed by atoms with Crippen molar-refractivity contribution in [2.75, 3.05) is 12.5 Å². The monoisotopic (exact) mass is 399 g/mol. The van der Waals surface area contributed by atoms with Gasteiger partial charge in [0.1, 0.15) is 0 Å². The van der Waals surface area contributed by atoms with Gasteiger partial charge in [-0.25, -0.2) is 8.42 Å². The van der Waals surface area contributed by atoms with E-state index >= 15 is 0 Å². The lowest BCUT2D eigenvalue weighted by atomic mass is 9.81. The van der Waals surface area contributed by atoms with Gasteiger partial charge >= 0.3 is 0 Å². The Hall–Kier alpha value is -1.59. The van der Waals surface area contributed by atoms with Crippen LogP contribution in [0.5, 0.6) is 0 Å². The summed E-state index contributed by atoms with van der Waals surface area (Å²) in [6.07, 6.45) is 12.6. The number of benzene rings is 1. The van der Waals surface area contributed by atoms with Gasteiger partial charge in [0.05, 0.1) is 10.6 Å². The molecule has 0 unspecified atom stereocenters. The van der Waals surface area contributed by atoms with E-state index in [1.165, 1.54) is 48.0 Å². The summed E-state index contributed by atoms with van der Waals surface area (Å²) >= 11 is 1.70. The maximum absolute atomic E-state index is 11.8. The highest BCUT2D eigenvalue weighted by molar-refractivity contribution is 7.98. The number of sulfone groups is 1. The van der Waals surface area contributed by atoms with Crippen LogP contribution in [0.1, 0.15) is 49.8 Å². The quantitative estimate of drug-likeness (QED) is 0.640. The van der Waals surface area contributed by atoms with Crippen LogP contribution in [0, 0.1) is 5.41 Å². The molecule has 1 aromatic carbocycles. The summed E-state index contributed by atoms with van der Waals surface area (Å²) < 4.78 is 23.6.